The van der Waals surface area contributed by atoms with Crippen LogP contribution < -0.4 is 16.4 Å². The van der Waals surface area contributed by atoms with E-state index in [0.717, 1.165) is 50.3 Å². The van der Waals surface area contributed by atoms with Crippen molar-refractivity contribution in [1.82, 2.24) is 15.5 Å². The number of nitrogens with two attached hydrogens (primary N) is 1. The number of carbonyl (C=O) groups is 3. The molecule has 0 aromatic rings. The lowest BCUT2D eigenvalue weighted by atomic mass is 9.85. The van der Waals surface area contributed by atoms with Crippen LogP contribution in [0.2, 0.25) is 0 Å². The highest BCUT2D eigenvalue weighted by Gasteiger charge is 2.30. The molecule has 4 N–H and O–H groups in total. The van der Waals surface area contributed by atoms with Gasteiger partial charge >= 0.3 is 0 Å². The largest absolute Gasteiger partial charge is 0.352 e. The first-order valence-electron chi connectivity index (χ1n) is 9.57. The molecule has 0 bridgehead atoms. The van der Waals surface area contributed by atoms with Crippen molar-refractivity contribution in [1.29, 1.82) is 0 Å². The summed E-state index contributed by atoms with van der Waals surface area (Å²) in [5.74, 6) is 1.97. The van der Waals surface area contributed by atoms with Crippen LogP contribution in [0.15, 0.2) is 0 Å². The van der Waals surface area contributed by atoms with Gasteiger partial charge in [-0.15, -0.1) is 12.4 Å². The minimum absolute atomic E-state index is 0. The van der Waals surface area contributed by atoms with E-state index in [2.05, 4.69) is 10.6 Å². The second-order valence-electron chi connectivity index (χ2n) is 7.54. The van der Waals surface area contributed by atoms with Gasteiger partial charge in [-0.25, -0.2) is 0 Å². The highest BCUT2D eigenvalue weighted by Crippen LogP contribution is 2.27. The van der Waals surface area contributed by atoms with Crippen LogP contribution in [-0.2, 0) is 14.4 Å². The lowest BCUT2D eigenvalue weighted by Gasteiger charge is -2.34. The number of thioether (sulfide) groups is 1. The third-order valence-electron chi connectivity index (χ3n) is 5.21. The molecule has 3 amide bonds. The zero-order valence-electron chi connectivity index (χ0n) is 16.2. The minimum atomic E-state index is -0.600. The molecule has 7 nitrogen and oxygen atoms in total. The fourth-order valence-electron chi connectivity index (χ4n) is 3.39. The molecule has 1 saturated heterocycles. The van der Waals surface area contributed by atoms with Gasteiger partial charge in [-0.05, 0) is 31.6 Å². The Kier molecular flexibility index (Phi) is 10.5. The average molecular weight is 421 g/mol. The first-order chi connectivity index (χ1) is 12.4. The maximum Gasteiger partial charge on any atom is 0.239 e. The van der Waals surface area contributed by atoms with Crippen molar-refractivity contribution >= 4 is 41.9 Å². The quantitative estimate of drug-likeness (QED) is 0.588. The highest BCUT2D eigenvalue weighted by molar-refractivity contribution is 7.99. The van der Waals surface area contributed by atoms with E-state index in [9.17, 15) is 14.4 Å². The zero-order chi connectivity index (χ0) is 19.1. The Labute approximate surface area is 172 Å². The van der Waals surface area contributed by atoms with E-state index >= 15 is 0 Å². The van der Waals surface area contributed by atoms with Crippen molar-refractivity contribution in [3.8, 4) is 0 Å². The summed E-state index contributed by atoms with van der Waals surface area (Å²) in [6, 6.07) is -0.517. The van der Waals surface area contributed by atoms with E-state index in [0.29, 0.717) is 0 Å². The zero-order valence-corrected chi connectivity index (χ0v) is 17.9. The highest BCUT2D eigenvalue weighted by atomic mass is 35.5. The Morgan fingerprint density at radius 2 is 1.70 bits per heavy atom. The van der Waals surface area contributed by atoms with E-state index in [-0.39, 0.29) is 54.6 Å². The molecule has 0 unspecified atom stereocenters. The molecular weight excluding hydrogens is 388 g/mol. The maximum atomic E-state index is 12.5. The van der Waals surface area contributed by atoms with Gasteiger partial charge < -0.3 is 21.3 Å². The number of hydrogen-bond donors (Lipinski definition) is 3. The van der Waals surface area contributed by atoms with Crippen molar-refractivity contribution in [2.24, 2.45) is 17.6 Å². The summed E-state index contributed by atoms with van der Waals surface area (Å²) < 4.78 is 0. The van der Waals surface area contributed by atoms with Crippen molar-refractivity contribution in [2.45, 2.75) is 51.6 Å². The van der Waals surface area contributed by atoms with Gasteiger partial charge in [0.15, 0.2) is 0 Å². The van der Waals surface area contributed by atoms with Gasteiger partial charge in [0.2, 0.25) is 17.7 Å². The molecule has 2 rings (SSSR count). The number of halogens is 1. The molecule has 0 radical (unpaired) electrons. The summed E-state index contributed by atoms with van der Waals surface area (Å²) in [5, 5.41) is 5.54. The van der Waals surface area contributed by atoms with E-state index in [4.69, 9.17) is 5.73 Å². The number of nitrogens with one attached hydrogen (secondary N) is 2. The molecule has 0 aromatic heterocycles. The van der Waals surface area contributed by atoms with Gasteiger partial charge in [0.25, 0.3) is 0 Å². The SMILES string of the molecule is CC(C)[C@H](N)C(=O)NCC(=O)NC1CCC(C(=O)N2CCSCC2)CC1.Cl. The third kappa shape index (κ3) is 7.50. The average Bonchev–Trinajstić information content (AvgIpc) is 2.66. The Bertz CT molecular complexity index is 507. The summed E-state index contributed by atoms with van der Waals surface area (Å²) in [4.78, 5) is 38.4. The molecule has 2 aliphatic rings. The number of carbonyl (C=O) groups excluding carboxylic acids is 3. The summed E-state index contributed by atoms with van der Waals surface area (Å²) >= 11 is 1.90. The van der Waals surface area contributed by atoms with Crippen LogP contribution in [0.25, 0.3) is 0 Å². The van der Waals surface area contributed by atoms with Crippen LogP contribution in [0.4, 0.5) is 0 Å². The Morgan fingerprint density at radius 3 is 2.26 bits per heavy atom. The molecule has 0 spiro atoms. The second kappa shape index (κ2) is 11.8. The number of nitrogens with zero attached hydrogens (tertiary/aromatic N) is 1. The molecule has 2 fully saturated rings. The van der Waals surface area contributed by atoms with E-state index in [1.54, 1.807) is 0 Å². The van der Waals surface area contributed by atoms with E-state index in [1.807, 2.05) is 30.5 Å². The molecule has 9 heteroatoms. The van der Waals surface area contributed by atoms with Crippen molar-refractivity contribution in [3.05, 3.63) is 0 Å². The maximum absolute atomic E-state index is 12.5. The molecule has 27 heavy (non-hydrogen) atoms. The van der Waals surface area contributed by atoms with Gasteiger partial charge in [0, 0.05) is 36.6 Å². The monoisotopic (exact) mass is 420 g/mol. The standard InChI is InChI=1S/C18H32N4O3S.ClH/c1-12(2)16(19)17(24)20-11-15(23)21-14-5-3-13(4-6-14)18(25)22-7-9-26-10-8-22;/h12-14,16H,3-11,19H2,1-2H3,(H,20,24)(H,21,23);1H/t13?,14?,16-;/m0./s1. The molecule has 1 saturated carbocycles. The van der Waals surface area contributed by atoms with Crippen LogP contribution in [0, 0.1) is 11.8 Å². The summed E-state index contributed by atoms with van der Waals surface area (Å²) in [5.41, 5.74) is 5.75. The first-order valence-corrected chi connectivity index (χ1v) is 10.7. The molecule has 156 valence electrons. The van der Waals surface area contributed by atoms with Crippen molar-refractivity contribution < 1.29 is 14.4 Å². The van der Waals surface area contributed by atoms with Crippen LogP contribution in [0.1, 0.15) is 39.5 Å². The summed E-state index contributed by atoms with van der Waals surface area (Å²) in [7, 11) is 0. The predicted molar refractivity (Wildman–Crippen MR) is 111 cm³/mol. The van der Waals surface area contributed by atoms with Crippen LogP contribution in [0.5, 0.6) is 0 Å². The first kappa shape index (κ1) is 24.0. The molecule has 0 aromatic carbocycles. The molecular formula is C18H33ClN4O3S. The topological polar surface area (TPSA) is 105 Å². The lowest BCUT2D eigenvalue weighted by Crippen LogP contribution is -2.49. The van der Waals surface area contributed by atoms with Gasteiger partial charge in [0.05, 0.1) is 12.6 Å². The molecule has 1 aliphatic heterocycles. The second-order valence-corrected chi connectivity index (χ2v) is 8.77. The Balaban J connectivity index is 0.00000364. The Morgan fingerprint density at radius 1 is 1.11 bits per heavy atom. The summed E-state index contributed by atoms with van der Waals surface area (Å²) in [6.07, 6.45) is 3.25. The summed E-state index contributed by atoms with van der Waals surface area (Å²) in [6.45, 7) is 5.40. The van der Waals surface area contributed by atoms with Gasteiger partial charge in [-0.2, -0.15) is 11.8 Å². The number of rotatable bonds is 6. The lowest BCUT2D eigenvalue weighted by molar-refractivity contribution is -0.136. The van der Waals surface area contributed by atoms with Crippen LogP contribution >= 0.6 is 24.2 Å². The van der Waals surface area contributed by atoms with E-state index < -0.39 is 6.04 Å². The number of amides is 3. The van der Waals surface area contributed by atoms with Crippen LogP contribution in [-0.4, -0.2) is 65.8 Å². The van der Waals surface area contributed by atoms with E-state index in [1.165, 1.54) is 0 Å². The fraction of sp³-hybridized carbons (Fsp3) is 0.833. The van der Waals surface area contributed by atoms with Gasteiger partial charge in [0.1, 0.15) is 0 Å². The predicted octanol–water partition coefficient (Wildman–Crippen LogP) is 0.758. The fourth-order valence-corrected chi connectivity index (χ4v) is 4.30. The molecule has 1 heterocycles. The van der Waals surface area contributed by atoms with Crippen molar-refractivity contribution in [3.63, 3.8) is 0 Å². The van der Waals surface area contributed by atoms with Gasteiger partial charge in [-0.1, -0.05) is 13.8 Å². The van der Waals surface area contributed by atoms with Gasteiger partial charge in [-0.3, -0.25) is 14.4 Å². The molecule has 1 aliphatic carbocycles. The normalized spacial score (nSPS) is 23.9. The van der Waals surface area contributed by atoms with Crippen LogP contribution in [0.3, 0.4) is 0 Å². The smallest absolute Gasteiger partial charge is 0.239 e. The minimum Gasteiger partial charge on any atom is -0.352 e. The van der Waals surface area contributed by atoms with Crippen molar-refractivity contribution in [2.75, 3.05) is 31.1 Å². The number of hydrogen-bond acceptors (Lipinski definition) is 5. The Hall–Kier alpha value is -0.990. The third-order valence-corrected chi connectivity index (χ3v) is 6.15. The molecule has 1 atom stereocenters.